The maximum absolute atomic E-state index is 12.1. The van der Waals surface area contributed by atoms with E-state index in [9.17, 15) is 4.79 Å². The largest absolute Gasteiger partial charge is 0.322 e. The van der Waals surface area contributed by atoms with Crippen LogP contribution in [0.15, 0.2) is 46.9 Å². The number of hydrogen-bond acceptors (Lipinski definition) is 1. The highest BCUT2D eigenvalue weighted by atomic mass is 79.9. The monoisotopic (exact) mass is 313 g/mol. The summed E-state index contributed by atoms with van der Waals surface area (Å²) in [5.74, 6) is 2.38. The number of aryl methyl sites for hydroxylation is 1. The third-order valence-electron chi connectivity index (χ3n) is 2.72. The molecule has 0 saturated carbocycles. The molecule has 2 aromatic carbocycles. The highest BCUT2D eigenvalue weighted by Gasteiger charge is 2.07. The summed E-state index contributed by atoms with van der Waals surface area (Å²) in [6, 6.07) is 12.7. The summed E-state index contributed by atoms with van der Waals surface area (Å²) in [5.41, 5.74) is 3.12. The van der Waals surface area contributed by atoms with Crippen LogP contribution in [0.5, 0.6) is 0 Å². The predicted octanol–water partition coefficient (Wildman–Crippen LogP) is 3.99. The Kier molecular flexibility index (Phi) is 4.03. The average molecular weight is 314 g/mol. The molecule has 3 heteroatoms. The maximum Gasteiger partial charge on any atom is 0.255 e. The first-order valence-electron chi connectivity index (χ1n) is 5.74. The van der Waals surface area contributed by atoms with Gasteiger partial charge in [-0.15, -0.1) is 6.42 Å². The van der Waals surface area contributed by atoms with Crippen molar-refractivity contribution in [3.63, 3.8) is 0 Å². The Balaban J connectivity index is 2.21. The first-order chi connectivity index (χ1) is 9.10. The van der Waals surface area contributed by atoms with Crippen LogP contribution >= 0.6 is 15.9 Å². The highest BCUT2D eigenvalue weighted by Crippen LogP contribution is 2.18. The normalized spacial score (nSPS) is 9.74. The van der Waals surface area contributed by atoms with E-state index in [-0.39, 0.29) is 5.91 Å². The van der Waals surface area contributed by atoms with Crippen LogP contribution in [0.2, 0.25) is 0 Å². The zero-order chi connectivity index (χ0) is 13.8. The molecule has 0 aliphatic heterocycles. The summed E-state index contributed by atoms with van der Waals surface area (Å²) < 4.78 is 0.914. The molecule has 0 aromatic heterocycles. The van der Waals surface area contributed by atoms with E-state index in [2.05, 4.69) is 27.2 Å². The number of nitrogens with one attached hydrogen (secondary N) is 1. The second-order valence-corrected chi connectivity index (χ2v) is 5.00. The molecule has 0 bridgehead atoms. The van der Waals surface area contributed by atoms with Gasteiger partial charge in [0.25, 0.3) is 5.91 Å². The lowest BCUT2D eigenvalue weighted by Crippen LogP contribution is -2.12. The van der Waals surface area contributed by atoms with E-state index in [0.29, 0.717) is 11.3 Å². The number of benzene rings is 2. The molecule has 2 aromatic rings. The lowest BCUT2D eigenvalue weighted by atomic mass is 10.1. The molecule has 0 atom stereocenters. The smallest absolute Gasteiger partial charge is 0.255 e. The average Bonchev–Trinajstić information content (AvgIpc) is 2.42. The molecule has 94 valence electrons. The Morgan fingerprint density at radius 2 is 2.05 bits per heavy atom. The minimum absolute atomic E-state index is 0.158. The predicted molar refractivity (Wildman–Crippen MR) is 81.2 cm³/mol. The summed E-state index contributed by atoms with van der Waals surface area (Å²) in [6.45, 7) is 1.97. The molecule has 0 spiro atoms. The molecular weight excluding hydrogens is 302 g/mol. The highest BCUT2D eigenvalue weighted by molar-refractivity contribution is 9.10. The van der Waals surface area contributed by atoms with E-state index in [1.165, 1.54) is 0 Å². The van der Waals surface area contributed by atoms with Crippen LogP contribution in [0.1, 0.15) is 21.5 Å². The molecule has 19 heavy (non-hydrogen) atoms. The maximum atomic E-state index is 12.1. The van der Waals surface area contributed by atoms with Crippen molar-refractivity contribution in [2.45, 2.75) is 6.92 Å². The summed E-state index contributed by atoms with van der Waals surface area (Å²) >= 11 is 3.42. The van der Waals surface area contributed by atoms with Crippen molar-refractivity contribution in [3.8, 4) is 12.3 Å². The van der Waals surface area contributed by atoms with Gasteiger partial charge in [0.05, 0.1) is 0 Å². The van der Waals surface area contributed by atoms with E-state index in [4.69, 9.17) is 6.42 Å². The van der Waals surface area contributed by atoms with Crippen LogP contribution < -0.4 is 5.32 Å². The topological polar surface area (TPSA) is 29.1 Å². The van der Waals surface area contributed by atoms with Crippen molar-refractivity contribution < 1.29 is 4.79 Å². The molecule has 0 heterocycles. The Hall–Kier alpha value is -2.05. The summed E-state index contributed by atoms with van der Waals surface area (Å²) in [6.07, 6.45) is 5.33. The second-order valence-electron chi connectivity index (χ2n) is 4.14. The van der Waals surface area contributed by atoms with Gasteiger partial charge < -0.3 is 5.32 Å². The van der Waals surface area contributed by atoms with Gasteiger partial charge >= 0.3 is 0 Å². The van der Waals surface area contributed by atoms with Crippen LogP contribution in [-0.4, -0.2) is 5.91 Å². The molecule has 0 fully saturated rings. The Bertz CT molecular complexity index is 671. The van der Waals surface area contributed by atoms with Crippen LogP contribution in [0, 0.1) is 19.3 Å². The van der Waals surface area contributed by atoms with E-state index in [1.807, 2.05) is 31.2 Å². The molecule has 0 radical (unpaired) electrons. The molecule has 0 unspecified atom stereocenters. The molecule has 0 aliphatic carbocycles. The van der Waals surface area contributed by atoms with Gasteiger partial charge in [-0.2, -0.15) is 0 Å². The minimum Gasteiger partial charge on any atom is -0.322 e. The Morgan fingerprint density at radius 3 is 2.74 bits per heavy atom. The van der Waals surface area contributed by atoms with Crippen molar-refractivity contribution in [1.82, 2.24) is 0 Å². The fourth-order valence-corrected chi connectivity index (χ4v) is 2.00. The molecular formula is C16H12BrNO. The van der Waals surface area contributed by atoms with Crippen molar-refractivity contribution in [2.24, 2.45) is 0 Å². The lowest BCUT2D eigenvalue weighted by molar-refractivity contribution is 0.102. The number of carbonyl (C=O) groups is 1. The quantitative estimate of drug-likeness (QED) is 0.834. The third-order valence-corrected chi connectivity index (χ3v) is 3.58. The van der Waals surface area contributed by atoms with E-state index in [0.717, 1.165) is 15.6 Å². The Morgan fingerprint density at radius 1 is 1.26 bits per heavy atom. The van der Waals surface area contributed by atoms with Crippen LogP contribution in [0.4, 0.5) is 5.69 Å². The zero-order valence-corrected chi connectivity index (χ0v) is 12.0. The number of halogens is 1. The van der Waals surface area contributed by atoms with Crippen molar-refractivity contribution in [1.29, 1.82) is 0 Å². The molecule has 2 rings (SSSR count). The summed E-state index contributed by atoms with van der Waals surface area (Å²) in [4.78, 5) is 12.1. The van der Waals surface area contributed by atoms with Gasteiger partial charge in [0.2, 0.25) is 0 Å². The number of terminal acetylenes is 1. The van der Waals surface area contributed by atoms with Gasteiger partial charge in [0.15, 0.2) is 0 Å². The number of amides is 1. The van der Waals surface area contributed by atoms with Crippen LogP contribution in [-0.2, 0) is 0 Å². The van der Waals surface area contributed by atoms with Gasteiger partial charge in [-0.25, -0.2) is 0 Å². The first-order valence-corrected chi connectivity index (χ1v) is 6.53. The van der Waals surface area contributed by atoms with Crippen LogP contribution in [0.3, 0.4) is 0 Å². The second kappa shape index (κ2) is 5.73. The third kappa shape index (κ3) is 3.24. The van der Waals surface area contributed by atoms with Gasteiger partial charge in [-0.3, -0.25) is 4.79 Å². The van der Waals surface area contributed by atoms with E-state index in [1.54, 1.807) is 18.2 Å². The van der Waals surface area contributed by atoms with Gasteiger partial charge in [-0.1, -0.05) is 34.0 Å². The zero-order valence-electron chi connectivity index (χ0n) is 10.4. The summed E-state index contributed by atoms with van der Waals surface area (Å²) in [7, 11) is 0. The molecule has 2 nitrogen and oxygen atoms in total. The number of hydrogen-bond donors (Lipinski definition) is 1. The molecule has 0 saturated heterocycles. The van der Waals surface area contributed by atoms with E-state index < -0.39 is 0 Å². The molecule has 1 amide bonds. The van der Waals surface area contributed by atoms with Crippen molar-refractivity contribution in [3.05, 3.63) is 63.6 Å². The number of anilines is 1. The fourth-order valence-electron chi connectivity index (χ4n) is 1.62. The Labute approximate surface area is 121 Å². The number of carbonyl (C=O) groups excluding carboxylic acids is 1. The van der Waals surface area contributed by atoms with Crippen molar-refractivity contribution >= 4 is 27.5 Å². The lowest BCUT2D eigenvalue weighted by Gasteiger charge is -2.07. The molecule has 1 N–H and O–H groups in total. The first kappa shape index (κ1) is 13.4. The molecule has 0 aliphatic rings. The minimum atomic E-state index is -0.158. The van der Waals surface area contributed by atoms with Crippen LogP contribution in [0.25, 0.3) is 0 Å². The SMILES string of the molecule is C#Cc1cccc(NC(=O)c2ccc(C)c(Br)c2)c1. The standard InChI is InChI=1S/C16H12BrNO/c1-3-12-5-4-6-14(9-12)18-16(19)13-8-7-11(2)15(17)10-13/h1,4-10H,2H3,(H,18,19). The van der Waals surface area contributed by atoms with Gasteiger partial charge in [-0.05, 0) is 42.8 Å². The van der Waals surface area contributed by atoms with Gasteiger partial charge in [0, 0.05) is 21.3 Å². The summed E-state index contributed by atoms with van der Waals surface area (Å²) in [5, 5.41) is 2.82. The van der Waals surface area contributed by atoms with Gasteiger partial charge in [0.1, 0.15) is 0 Å². The van der Waals surface area contributed by atoms with Crippen molar-refractivity contribution in [2.75, 3.05) is 5.32 Å². The fraction of sp³-hybridized carbons (Fsp3) is 0.0625. The number of rotatable bonds is 2. The van der Waals surface area contributed by atoms with E-state index >= 15 is 0 Å².